The molecule has 0 aromatic heterocycles. The molecule has 0 radical (unpaired) electrons. The SMILES string of the molecule is CCC(C)C(=O)Nc1cccc2c1-c1ccccc1C2=O.CCC(C)c1ccc(C(=O)O)cc1.CCC(C)c1ccc(OC(C)(C)C)cc1. The van der Waals surface area contributed by atoms with E-state index in [1.165, 1.54) is 17.5 Å². The molecule has 2 N–H and O–H groups in total. The highest BCUT2D eigenvalue weighted by atomic mass is 16.5. The maximum Gasteiger partial charge on any atom is 0.335 e. The highest BCUT2D eigenvalue weighted by molar-refractivity contribution is 6.24. The summed E-state index contributed by atoms with van der Waals surface area (Å²) < 4.78 is 5.77. The van der Waals surface area contributed by atoms with Crippen molar-refractivity contribution >= 4 is 23.3 Å². The van der Waals surface area contributed by atoms with Crippen molar-refractivity contribution in [3.63, 3.8) is 0 Å². The van der Waals surface area contributed by atoms with E-state index in [9.17, 15) is 14.4 Å². The summed E-state index contributed by atoms with van der Waals surface area (Å²) in [6, 6.07) is 28.6. The van der Waals surface area contributed by atoms with Gasteiger partial charge in [0.1, 0.15) is 11.4 Å². The fourth-order valence-electron chi connectivity index (χ4n) is 5.26. The van der Waals surface area contributed by atoms with Crippen molar-refractivity contribution in [1.29, 1.82) is 0 Å². The van der Waals surface area contributed by atoms with Crippen LogP contribution >= 0.6 is 0 Å². The molecule has 6 heteroatoms. The van der Waals surface area contributed by atoms with Gasteiger partial charge in [-0.1, -0.05) is 102 Å². The lowest BCUT2D eigenvalue weighted by molar-refractivity contribution is -0.119. The molecule has 4 aromatic carbocycles. The number of amides is 1. The molecule has 1 amide bonds. The second kappa shape index (κ2) is 17.6. The van der Waals surface area contributed by atoms with E-state index in [2.05, 4.69) is 78.0 Å². The van der Waals surface area contributed by atoms with Crippen LogP contribution in [0, 0.1) is 5.92 Å². The molecular weight excluding hydrogens is 610 g/mol. The van der Waals surface area contributed by atoms with Crippen molar-refractivity contribution in [3.8, 4) is 16.9 Å². The summed E-state index contributed by atoms with van der Waals surface area (Å²) in [7, 11) is 0. The molecule has 0 heterocycles. The normalized spacial score (nSPS) is 13.3. The van der Waals surface area contributed by atoms with Gasteiger partial charge in [0, 0.05) is 28.3 Å². The van der Waals surface area contributed by atoms with Gasteiger partial charge in [0.2, 0.25) is 5.91 Å². The van der Waals surface area contributed by atoms with Gasteiger partial charge in [-0.05, 0) is 98.9 Å². The molecule has 3 atom stereocenters. The number of nitrogens with one attached hydrogen (secondary N) is 1. The summed E-state index contributed by atoms with van der Waals surface area (Å²) in [6.45, 7) is 18.8. The summed E-state index contributed by atoms with van der Waals surface area (Å²) in [6.07, 6.45) is 3.04. The van der Waals surface area contributed by atoms with Crippen LogP contribution in [0.25, 0.3) is 11.1 Å². The number of rotatable bonds is 9. The number of ether oxygens (including phenoxy) is 1. The number of carboxylic acid groups (broad SMARTS) is 1. The minimum Gasteiger partial charge on any atom is -0.488 e. The third-order valence-electron chi connectivity index (χ3n) is 8.89. The standard InChI is InChI=1S/C18H17NO2.C14H22O.C11H14O2/c1-3-11(2)18(21)19-15-10-6-9-14-16(15)12-7-4-5-8-13(12)17(14)20;1-6-11(2)12-7-9-13(10-8-12)15-14(3,4)5;1-3-8(2)9-4-6-10(7-5-9)11(12)13/h4-11H,3H2,1-2H3,(H,19,21);7-11H,6H2,1-5H3;4-8H,3H2,1-2H3,(H,12,13). The Hall–Kier alpha value is -4.71. The third-order valence-corrected chi connectivity index (χ3v) is 8.89. The van der Waals surface area contributed by atoms with E-state index in [0.29, 0.717) is 28.5 Å². The monoisotopic (exact) mass is 663 g/mol. The van der Waals surface area contributed by atoms with Gasteiger partial charge >= 0.3 is 5.97 Å². The van der Waals surface area contributed by atoms with Gasteiger partial charge in [-0.25, -0.2) is 4.79 Å². The number of anilines is 1. The predicted octanol–water partition coefficient (Wildman–Crippen LogP) is 11.2. The van der Waals surface area contributed by atoms with Gasteiger partial charge in [-0.3, -0.25) is 9.59 Å². The topological polar surface area (TPSA) is 92.7 Å². The Morgan fingerprint density at radius 3 is 1.69 bits per heavy atom. The van der Waals surface area contributed by atoms with Gasteiger partial charge in [-0.15, -0.1) is 0 Å². The zero-order chi connectivity index (χ0) is 36.3. The van der Waals surface area contributed by atoms with Gasteiger partial charge in [0.15, 0.2) is 5.78 Å². The fraction of sp³-hybridized carbons (Fsp3) is 0.372. The first-order valence-corrected chi connectivity index (χ1v) is 17.4. The predicted molar refractivity (Wildman–Crippen MR) is 201 cm³/mol. The number of hydrogen-bond donors (Lipinski definition) is 2. The second-order valence-corrected chi connectivity index (χ2v) is 13.7. The first kappa shape index (κ1) is 38.7. The Morgan fingerprint density at radius 2 is 1.20 bits per heavy atom. The Morgan fingerprint density at radius 1 is 0.694 bits per heavy atom. The van der Waals surface area contributed by atoms with Crippen molar-refractivity contribution in [1.82, 2.24) is 0 Å². The number of carboxylic acids is 1. The van der Waals surface area contributed by atoms with E-state index in [1.54, 1.807) is 12.1 Å². The van der Waals surface area contributed by atoms with E-state index >= 15 is 0 Å². The molecular formula is C43H53NO5. The molecule has 49 heavy (non-hydrogen) atoms. The summed E-state index contributed by atoms with van der Waals surface area (Å²) in [5, 5.41) is 11.6. The number of fused-ring (bicyclic) bond motifs is 3. The number of benzene rings is 4. The van der Waals surface area contributed by atoms with E-state index in [4.69, 9.17) is 9.84 Å². The molecule has 1 aliphatic carbocycles. The smallest absolute Gasteiger partial charge is 0.335 e. The van der Waals surface area contributed by atoms with E-state index in [-0.39, 0.29) is 23.2 Å². The maximum absolute atomic E-state index is 12.4. The first-order chi connectivity index (χ1) is 23.2. The van der Waals surface area contributed by atoms with Crippen LogP contribution in [0.4, 0.5) is 5.69 Å². The molecule has 5 rings (SSSR count). The minimum absolute atomic E-state index is 0.0114. The molecule has 6 nitrogen and oxygen atoms in total. The maximum atomic E-state index is 12.4. The summed E-state index contributed by atoms with van der Waals surface area (Å²) in [4.78, 5) is 35.1. The van der Waals surface area contributed by atoms with Crippen molar-refractivity contribution in [2.75, 3.05) is 5.32 Å². The number of hydrogen-bond acceptors (Lipinski definition) is 4. The van der Waals surface area contributed by atoms with Gasteiger partial charge in [0.05, 0.1) is 5.56 Å². The molecule has 0 aliphatic heterocycles. The van der Waals surface area contributed by atoms with Crippen LogP contribution in [0.15, 0.2) is 91.0 Å². The average Bonchev–Trinajstić information content (AvgIpc) is 3.39. The summed E-state index contributed by atoms with van der Waals surface area (Å²) in [5.74, 6) is 1.19. The number of aromatic carboxylic acids is 1. The molecule has 0 saturated heterocycles. The Kier molecular flexibility index (Phi) is 13.9. The van der Waals surface area contributed by atoms with Crippen LogP contribution in [0.3, 0.4) is 0 Å². The Balaban J connectivity index is 0.000000207. The highest BCUT2D eigenvalue weighted by Gasteiger charge is 2.29. The van der Waals surface area contributed by atoms with Crippen molar-refractivity contribution in [3.05, 3.63) is 119 Å². The second-order valence-electron chi connectivity index (χ2n) is 13.7. The van der Waals surface area contributed by atoms with Crippen LogP contribution in [0.5, 0.6) is 5.75 Å². The lowest BCUT2D eigenvalue weighted by Gasteiger charge is -2.21. The zero-order valence-electron chi connectivity index (χ0n) is 30.6. The Labute approximate surface area is 292 Å². The number of ketones is 1. The van der Waals surface area contributed by atoms with Crippen LogP contribution in [-0.2, 0) is 4.79 Å². The van der Waals surface area contributed by atoms with Crippen molar-refractivity contribution in [2.24, 2.45) is 5.92 Å². The molecule has 0 fully saturated rings. The molecule has 0 bridgehead atoms. The van der Waals surface area contributed by atoms with Crippen LogP contribution < -0.4 is 10.1 Å². The molecule has 1 aliphatic rings. The van der Waals surface area contributed by atoms with E-state index in [0.717, 1.165) is 35.4 Å². The third kappa shape index (κ3) is 10.6. The van der Waals surface area contributed by atoms with Crippen LogP contribution in [-0.4, -0.2) is 28.4 Å². The van der Waals surface area contributed by atoms with Gasteiger partial charge < -0.3 is 15.2 Å². The zero-order valence-corrected chi connectivity index (χ0v) is 30.6. The molecule has 3 unspecified atom stereocenters. The van der Waals surface area contributed by atoms with Gasteiger partial charge in [0.25, 0.3) is 0 Å². The average molecular weight is 664 g/mol. The molecule has 0 spiro atoms. The van der Waals surface area contributed by atoms with Crippen LogP contribution in [0.2, 0.25) is 0 Å². The van der Waals surface area contributed by atoms with E-state index < -0.39 is 5.97 Å². The van der Waals surface area contributed by atoms with E-state index in [1.807, 2.05) is 68.4 Å². The largest absolute Gasteiger partial charge is 0.488 e. The number of carbonyl (C=O) groups excluding carboxylic acids is 2. The quantitative estimate of drug-likeness (QED) is 0.164. The Bertz CT molecular complexity index is 1700. The number of carbonyl (C=O) groups is 3. The van der Waals surface area contributed by atoms with Crippen molar-refractivity contribution < 1.29 is 24.2 Å². The molecule has 0 saturated carbocycles. The summed E-state index contributed by atoms with van der Waals surface area (Å²) in [5.41, 5.74) is 6.66. The minimum atomic E-state index is -0.865. The first-order valence-electron chi connectivity index (χ1n) is 17.4. The van der Waals surface area contributed by atoms with Crippen LogP contribution in [0.1, 0.15) is 131 Å². The fourth-order valence-corrected chi connectivity index (χ4v) is 5.26. The summed E-state index contributed by atoms with van der Waals surface area (Å²) >= 11 is 0. The molecule has 4 aromatic rings. The van der Waals surface area contributed by atoms with Gasteiger partial charge in [-0.2, -0.15) is 0 Å². The lowest BCUT2D eigenvalue weighted by Crippen LogP contribution is -2.22. The highest BCUT2D eigenvalue weighted by Crippen LogP contribution is 2.41. The lowest BCUT2D eigenvalue weighted by atomic mass is 9.98. The van der Waals surface area contributed by atoms with Crippen molar-refractivity contribution in [2.45, 2.75) is 99.0 Å². The molecule has 260 valence electrons.